The number of carbonyl (C=O) groups is 2. The summed E-state index contributed by atoms with van der Waals surface area (Å²) in [5, 5.41) is 4.09. The van der Waals surface area contributed by atoms with Crippen molar-refractivity contribution in [2.75, 3.05) is 6.61 Å². The average Bonchev–Trinajstić information content (AvgIpc) is 3.44. The van der Waals surface area contributed by atoms with Gasteiger partial charge in [0.25, 0.3) is 5.91 Å². The Morgan fingerprint density at radius 1 is 0.925 bits per heavy atom. The molecular formula is C33H38Cl2N2O3. The SMILES string of the molecule is CC(C)(C)c1ccc(OCC(=O)N(Cc2c(Cl)cccc2Cl)[C@H](Cc2ccccc2)C(=O)NC2CCCC2)cc1. The largest absolute Gasteiger partial charge is 0.484 e. The molecule has 4 rings (SSSR count). The van der Waals surface area contributed by atoms with Gasteiger partial charge in [-0.3, -0.25) is 9.59 Å². The van der Waals surface area contributed by atoms with Gasteiger partial charge in [0.15, 0.2) is 6.61 Å². The molecule has 3 aromatic rings. The average molecular weight is 582 g/mol. The third-order valence-corrected chi connectivity index (χ3v) is 8.15. The van der Waals surface area contributed by atoms with Gasteiger partial charge in [-0.2, -0.15) is 0 Å². The van der Waals surface area contributed by atoms with Gasteiger partial charge < -0.3 is 15.0 Å². The molecule has 1 N–H and O–H groups in total. The van der Waals surface area contributed by atoms with Crippen molar-refractivity contribution in [3.63, 3.8) is 0 Å². The Morgan fingerprint density at radius 2 is 1.55 bits per heavy atom. The molecule has 0 aromatic heterocycles. The Labute approximate surface area is 247 Å². The Bertz CT molecular complexity index is 1260. The molecule has 0 unspecified atom stereocenters. The number of hydrogen-bond donors (Lipinski definition) is 1. The van der Waals surface area contributed by atoms with E-state index in [2.05, 4.69) is 26.1 Å². The molecule has 1 saturated carbocycles. The van der Waals surface area contributed by atoms with Gasteiger partial charge in [0, 0.05) is 34.6 Å². The van der Waals surface area contributed by atoms with Crippen molar-refractivity contribution >= 4 is 35.0 Å². The van der Waals surface area contributed by atoms with Crippen LogP contribution in [-0.4, -0.2) is 35.4 Å². The highest BCUT2D eigenvalue weighted by atomic mass is 35.5. The van der Waals surface area contributed by atoms with Gasteiger partial charge in [-0.05, 0) is 53.6 Å². The Hall–Kier alpha value is -3.02. The molecule has 1 fully saturated rings. The first kappa shape index (κ1) is 30.0. The van der Waals surface area contributed by atoms with Crippen LogP contribution in [0.25, 0.3) is 0 Å². The minimum absolute atomic E-state index is 0.0106. The summed E-state index contributed by atoms with van der Waals surface area (Å²) in [4.78, 5) is 29.2. The number of nitrogens with one attached hydrogen (secondary N) is 1. The van der Waals surface area contributed by atoms with Crippen LogP contribution in [0.3, 0.4) is 0 Å². The molecule has 0 spiro atoms. The van der Waals surface area contributed by atoms with Crippen molar-refractivity contribution in [2.45, 2.75) is 76.9 Å². The molecule has 0 radical (unpaired) electrons. The summed E-state index contributed by atoms with van der Waals surface area (Å²) in [5.41, 5.74) is 2.74. The summed E-state index contributed by atoms with van der Waals surface area (Å²) in [6, 6.07) is 22.1. The fourth-order valence-electron chi connectivity index (χ4n) is 5.05. The molecule has 1 aliphatic rings. The summed E-state index contributed by atoms with van der Waals surface area (Å²) < 4.78 is 5.94. The van der Waals surface area contributed by atoms with Crippen LogP contribution >= 0.6 is 23.2 Å². The lowest BCUT2D eigenvalue weighted by Crippen LogP contribution is -2.53. The summed E-state index contributed by atoms with van der Waals surface area (Å²) >= 11 is 13.1. The highest BCUT2D eigenvalue weighted by Crippen LogP contribution is 2.28. The quantitative estimate of drug-likeness (QED) is 0.272. The van der Waals surface area contributed by atoms with E-state index in [4.69, 9.17) is 27.9 Å². The standard InChI is InChI=1S/C33H38Cl2N2O3/c1-33(2,3)24-16-18-26(19-17-24)40-22-31(38)37(21-27-28(34)14-9-15-29(27)35)30(20-23-10-5-4-6-11-23)32(39)36-25-12-7-8-13-25/h4-6,9-11,14-19,25,30H,7-8,12-13,20-22H2,1-3H3,(H,36,39)/t30-/m1/s1. The molecule has 1 atom stereocenters. The van der Waals surface area contributed by atoms with Gasteiger partial charge >= 0.3 is 0 Å². The first-order chi connectivity index (χ1) is 19.1. The predicted molar refractivity (Wildman–Crippen MR) is 162 cm³/mol. The van der Waals surface area contributed by atoms with Crippen LogP contribution in [0, 0.1) is 0 Å². The van der Waals surface area contributed by atoms with E-state index < -0.39 is 6.04 Å². The van der Waals surface area contributed by atoms with Crippen LogP contribution in [0.4, 0.5) is 0 Å². The summed E-state index contributed by atoms with van der Waals surface area (Å²) in [7, 11) is 0. The van der Waals surface area contributed by atoms with Crippen LogP contribution in [0.1, 0.15) is 63.1 Å². The number of ether oxygens (including phenoxy) is 1. The maximum atomic E-state index is 13.9. The molecular weight excluding hydrogens is 543 g/mol. The minimum atomic E-state index is -0.769. The monoisotopic (exact) mass is 580 g/mol. The van der Waals surface area contributed by atoms with E-state index in [0.29, 0.717) is 27.8 Å². The number of nitrogens with zero attached hydrogens (tertiary/aromatic N) is 1. The Morgan fingerprint density at radius 3 is 2.15 bits per heavy atom. The molecule has 5 nitrogen and oxygen atoms in total. The van der Waals surface area contributed by atoms with Crippen LogP contribution in [0.2, 0.25) is 10.0 Å². The Balaban J connectivity index is 1.62. The molecule has 0 saturated heterocycles. The fraction of sp³-hybridized carbons (Fsp3) is 0.394. The maximum absolute atomic E-state index is 13.9. The lowest BCUT2D eigenvalue weighted by atomic mass is 9.87. The van der Waals surface area contributed by atoms with Crippen molar-refractivity contribution in [1.82, 2.24) is 10.2 Å². The van der Waals surface area contributed by atoms with E-state index in [1.54, 1.807) is 23.1 Å². The second-order valence-corrected chi connectivity index (χ2v) is 12.3. The fourth-order valence-corrected chi connectivity index (χ4v) is 5.57. The smallest absolute Gasteiger partial charge is 0.261 e. The van der Waals surface area contributed by atoms with Crippen LogP contribution in [-0.2, 0) is 28.0 Å². The highest BCUT2D eigenvalue weighted by Gasteiger charge is 2.33. The molecule has 0 bridgehead atoms. The van der Waals surface area contributed by atoms with E-state index in [-0.39, 0.29) is 36.4 Å². The summed E-state index contributed by atoms with van der Waals surface area (Å²) in [6.07, 6.45) is 4.43. The lowest BCUT2D eigenvalue weighted by molar-refractivity contribution is -0.143. The van der Waals surface area contributed by atoms with Crippen molar-refractivity contribution < 1.29 is 14.3 Å². The van der Waals surface area contributed by atoms with Crippen LogP contribution in [0.5, 0.6) is 5.75 Å². The van der Waals surface area contributed by atoms with E-state index >= 15 is 0 Å². The zero-order valence-electron chi connectivity index (χ0n) is 23.5. The van der Waals surface area contributed by atoms with E-state index in [1.165, 1.54) is 5.56 Å². The molecule has 40 heavy (non-hydrogen) atoms. The van der Waals surface area contributed by atoms with E-state index in [1.807, 2.05) is 54.6 Å². The molecule has 7 heteroatoms. The maximum Gasteiger partial charge on any atom is 0.261 e. The van der Waals surface area contributed by atoms with Crippen molar-refractivity contribution in [3.8, 4) is 5.75 Å². The third-order valence-electron chi connectivity index (χ3n) is 7.45. The number of halogens is 2. The van der Waals surface area contributed by atoms with Crippen molar-refractivity contribution in [2.24, 2.45) is 0 Å². The highest BCUT2D eigenvalue weighted by molar-refractivity contribution is 6.36. The van der Waals surface area contributed by atoms with Gasteiger partial charge in [-0.25, -0.2) is 0 Å². The van der Waals surface area contributed by atoms with E-state index in [9.17, 15) is 9.59 Å². The zero-order valence-corrected chi connectivity index (χ0v) is 25.0. The molecule has 2 amide bonds. The van der Waals surface area contributed by atoms with Crippen LogP contribution in [0.15, 0.2) is 72.8 Å². The minimum Gasteiger partial charge on any atom is -0.484 e. The third kappa shape index (κ3) is 8.02. The number of amides is 2. The number of hydrogen-bond acceptors (Lipinski definition) is 3. The predicted octanol–water partition coefficient (Wildman–Crippen LogP) is 7.37. The lowest BCUT2D eigenvalue weighted by Gasteiger charge is -2.32. The van der Waals surface area contributed by atoms with E-state index in [0.717, 1.165) is 31.2 Å². The molecule has 0 aliphatic heterocycles. The number of rotatable bonds is 10. The zero-order chi connectivity index (χ0) is 28.7. The van der Waals surface area contributed by atoms with Gasteiger partial charge in [-0.15, -0.1) is 0 Å². The first-order valence-corrected chi connectivity index (χ1v) is 14.7. The van der Waals surface area contributed by atoms with Gasteiger partial charge in [0.05, 0.1) is 0 Å². The summed E-state index contributed by atoms with van der Waals surface area (Å²) in [6.45, 7) is 6.30. The van der Waals surface area contributed by atoms with Crippen molar-refractivity contribution in [3.05, 3.63) is 99.5 Å². The van der Waals surface area contributed by atoms with Crippen molar-refractivity contribution in [1.29, 1.82) is 0 Å². The molecule has 212 valence electrons. The topological polar surface area (TPSA) is 58.6 Å². The van der Waals surface area contributed by atoms with Gasteiger partial charge in [0.2, 0.25) is 5.91 Å². The second kappa shape index (κ2) is 13.6. The molecule has 3 aromatic carbocycles. The van der Waals surface area contributed by atoms with Gasteiger partial charge in [-0.1, -0.05) is 105 Å². The normalized spacial score (nSPS) is 14.5. The summed E-state index contributed by atoms with van der Waals surface area (Å²) in [5.74, 6) is 0.0901. The first-order valence-electron chi connectivity index (χ1n) is 13.9. The van der Waals surface area contributed by atoms with Gasteiger partial charge in [0.1, 0.15) is 11.8 Å². The Kier molecular flexibility index (Phi) is 10.2. The number of benzene rings is 3. The number of carbonyl (C=O) groups excluding carboxylic acids is 2. The molecule has 0 heterocycles. The molecule has 1 aliphatic carbocycles. The second-order valence-electron chi connectivity index (χ2n) is 11.5. The van der Waals surface area contributed by atoms with Crippen LogP contribution < -0.4 is 10.1 Å².